The van der Waals surface area contributed by atoms with Crippen LogP contribution in [0.1, 0.15) is 23.7 Å². The molecule has 0 radical (unpaired) electrons. The summed E-state index contributed by atoms with van der Waals surface area (Å²) in [5, 5.41) is 8.77. The molecule has 1 heterocycles. The second-order valence-corrected chi connectivity index (χ2v) is 4.48. The molecule has 0 aliphatic rings. The van der Waals surface area contributed by atoms with Crippen molar-refractivity contribution in [3.8, 4) is 0 Å². The number of benzene rings is 1. The molecule has 6 nitrogen and oxygen atoms in total. The quantitative estimate of drug-likeness (QED) is 0.843. The van der Waals surface area contributed by atoms with Crippen molar-refractivity contribution in [1.82, 2.24) is 4.57 Å². The zero-order valence-corrected chi connectivity index (χ0v) is 10.5. The van der Waals surface area contributed by atoms with Crippen molar-refractivity contribution < 1.29 is 19.1 Å². The highest BCUT2D eigenvalue weighted by molar-refractivity contribution is 6.00. The Hall–Kier alpha value is -2.37. The smallest absolute Gasteiger partial charge is 0.419 e. The van der Waals surface area contributed by atoms with Gasteiger partial charge >= 0.3 is 11.7 Å². The number of fused-ring (bicyclic) bond motifs is 1. The molecule has 1 N–H and O–H groups in total. The standard InChI is InChI=1S/C13H13NO5/c1-7(12(16)17)5-10(15)8-3-4-9-11(6-8)19-13(18)14(9)2/h3-4,6-7H,5H2,1-2H3,(H,16,17). The van der Waals surface area contributed by atoms with E-state index in [0.717, 1.165) is 0 Å². The number of carboxylic acids is 1. The average molecular weight is 263 g/mol. The Morgan fingerprint density at radius 1 is 1.42 bits per heavy atom. The Bertz CT molecular complexity index is 709. The zero-order valence-electron chi connectivity index (χ0n) is 10.5. The second kappa shape index (κ2) is 4.72. The van der Waals surface area contributed by atoms with Gasteiger partial charge in [0, 0.05) is 19.0 Å². The number of aryl methyl sites for hydroxylation is 1. The molecule has 100 valence electrons. The Kier molecular flexibility index (Phi) is 3.25. The number of hydrogen-bond acceptors (Lipinski definition) is 4. The summed E-state index contributed by atoms with van der Waals surface area (Å²) in [7, 11) is 1.57. The van der Waals surface area contributed by atoms with Crippen LogP contribution in [0.25, 0.3) is 11.1 Å². The van der Waals surface area contributed by atoms with Gasteiger partial charge in [-0.15, -0.1) is 0 Å². The Labute approximate surface area is 108 Å². The van der Waals surface area contributed by atoms with Gasteiger partial charge in [0.15, 0.2) is 11.4 Å². The van der Waals surface area contributed by atoms with Crippen LogP contribution < -0.4 is 5.76 Å². The molecule has 0 spiro atoms. The molecule has 2 rings (SSSR count). The van der Waals surface area contributed by atoms with Crippen LogP contribution in [0.5, 0.6) is 0 Å². The Morgan fingerprint density at radius 3 is 2.74 bits per heavy atom. The fraction of sp³-hybridized carbons (Fsp3) is 0.308. The highest BCUT2D eigenvalue weighted by Gasteiger charge is 2.18. The van der Waals surface area contributed by atoms with Crippen LogP contribution in [0.2, 0.25) is 0 Å². The topological polar surface area (TPSA) is 89.5 Å². The first-order valence-corrected chi connectivity index (χ1v) is 5.75. The highest BCUT2D eigenvalue weighted by atomic mass is 16.4. The number of aliphatic carboxylic acids is 1. The number of carbonyl (C=O) groups is 2. The lowest BCUT2D eigenvalue weighted by molar-refractivity contribution is -0.141. The average Bonchev–Trinajstić information content (AvgIpc) is 2.64. The molecule has 1 atom stereocenters. The van der Waals surface area contributed by atoms with E-state index in [1.54, 1.807) is 19.2 Å². The lowest BCUT2D eigenvalue weighted by atomic mass is 10.00. The van der Waals surface area contributed by atoms with Crippen molar-refractivity contribution in [2.75, 3.05) is 0 Å². The Balaban J connectivity index is 2.33. The van der Waals surface area contributed by atoms with Gasteiger partial charge in [0.2, 0.25) is 0 Å². The van der Waals surface area contributed by atoms with Crippen LogP contribution >= 0.6 is 0 Å². The number of hydrogen-bond donors (Lipinski definition) is 1. The Morgan fingerprint density at radius 2 is 2.11 bits per heavy atom. The predicted molar refractivity (Wildman–Crippen MR) is 67.2 cm³/mol. The minimum atomic E-state index is -1.01. The summed E-state index contributed by atoms with van der Waals surface area (Å²) in [6, 6.07) is 4.64. The SMILES string of the molecule is CC(CC(=O)c1ccc2c(c1)oc(=O)n2C)C(=O)O. The van der Waals surface area contributed by atoms with Crippen LogP contribution in [0, 0.1) is 5.92 Å². The van der Waals surface area contributed by atoms with Crippen molar-refractivity contribution in [2.24, 2.45) is 13.0 Å². The highest BCUT2D eigenvalue weighted by Crippen LogP contribution is 2.17. The second-order valence-electron chi connectivity index (χ2n) is 4.48. The van der Waals surface area contributed by atoms with Gasteiger partial charge in [0.25, 0.3) is 0 Å². The molecule has 19 heavy (non-hydrogen) atoms. The first-order valence-electron chi connectivity index (χ1n) is 5.75. The van der Waals surface area contributed by atoms with Crippen LogP contribution in [0.15, 0.2) is 27.4 Å². The van der Waals surface area contributed by atoms with Crippen LogP contribution in [-0.2, 0) is 11.8 Å². The van der Waals surface area contributed by atoms with Gasteiger partial charge in [-0.2, -0.15) is 0 Å². The number of carbonyl (C=O) groups excluding carboxylic acids is 1. The van der Waals surface area contributed by atoms with Crippen LogP contribution in [-0.4, -0.2) is 21.4 Å². The third-order valence-electron chi connectivity index (χ3n) is 3.03. The van der Waals surface area contributed by atoms with Crippen molar-refractivity contribution in [3.05, 3.63) is 34.3 Å². The molecular weight excluding hydrogens is 250 g/mol. The maximum atomic E-state index is 11.9. The fourth-order valence-corrected chi connectivity index (χ4v) is 1.79. The van der Waals surface area contributed by atoms with Crippen LogP contribution in [0.4, 0.5) is 0 Å². The minimum Gasteiger partial charge on any atom is -0.481 e. The summed E-state index contributed by atoms with van der Waals surface area (Å²) in [6.07, 6.45) is -0.0854. The molecule has 0 aliphatic heterocycles. The third-order valence-corrected chi connectivity index (χ3v) is 3.03. The third kappa shape index (κ3) is 2.42. The van der Waals surface area contributed by atoms with E-state index in [0.29, 0.717) is 16.7 Å². The molecule has 0 amide bonds. The summed E-state index contributed by atoms with van der Waals surface area (Å²) in [4.78, 5) is 33.9. The van der Waals surface area contributed by atoms with Gasteiger partial charge in [-0.3, -0.25) is 14.2 Å². The first kappa shape index (κ1) is 13.1. The molecule has 0 saturated carbocycles. The van der Waals surface area contributed by atoms with Gasteiger partial charge in [-0.25, -0.2) is 4.79 Å². The first-order chi connectivity index (χ1) is 8.90. The van der Waals surface area contributed by atoms with Crippen molar-refractivity contribution in [1.29, 1.82) is 0 Å². The lowest BCUT2D eigenvalue weighted by Crippen LogP contribution is -2.14. The molecule has 0 aliphatic carbocycles. The normalized spacial score (nSPS) is 12.5. The number of Topliss-reactive ketones (excluding diaryl/α,β-unsaturated/α-hetero) is 1. The minimum absolute atomic E-state index is 0.0854. The molecule has 1 aromatic carbocycles. The van der Waals surface area contributed by atoms with E-state index in [4.69, 9.17) is 9.52 Å². The van der Waals surface area contributed by atoms with Crippen molar-refractivity contribution in [3.63, 3.8) is 0 Å². The molecule has 0 fully saturated rings. The summed E-state index contributed by atoms with van der Waals surface area (Å²) in [5.74, 6) is -2.55. The van der Waals surface area contributed by atoms with E-state index in [1.807, 2.05) is 0 Å². The number of aromatic nitrogens is 1. The van der Waals surface area contributed by atoms with Gasteiger partial charge in [-0.05, 0) is 18.2 Å². The van der Waals surface area contributed by atoms with E-state index < -0.39 is 17.6 Å². The molecule has 0 saturated heterocycles. The molecular formula is C13H13NO5. The van der Waals surface area contributed by atoms with E-state index in [9.17, 15) is 14.4 Å². The van der Waals surface area contributed by atoms with Crippen molar-refractivity contribution >= 4 is 22.9 Å². The molecule has 2 aromatic rings. The maximum absolute atomic E-state index is 11.9. The zero-order chi connectivity index (χ0) is 14.2. The van der Waals surface area contributed by atoms with E-state index in [-0.39, 0.29) is 12.2 Å². The lowest BCUT2D eigenvalue weighted by Gasteiger charge is -2.05. The fourth-order valence-electron chi connectivity index (χ4n) is 1.79. The predicted octanol–water partition coefficient (Wildman–Crippen LogP) is 1.42. The number of ketones is 1. The summed E-state index contributed by atoms with van der Waals surface area (Å²) in [6.45, 7) is 1.47. The summed E-state index contributed by atoms with van der Waals surface area (Å²) >= 11 is 0. The molecule has 6 heteroatoms. The largest absolute Gasteiger partial charge is 0.481 e. The maximum Gasteiger partial charge on any atom is 0.419 e. The van der Waals surface area contributed by atoms with Gasteiger partial charge < -0.3 is 9.52 Å². The van der Waals surface area contributed by atoms with Gasteiger partial charge in [0.05, 0.1) is 11.4 Å². The number of nitrogens with zero attached hydrogens (tertiary/aromatic N) is 1. The van der Waals surface area contributed by atoms with Gasteiger partial charge in [0.1, 0.15) is 0 Å². The van der Waals surface area contributed by atoms with E-state index >= 15 is 0 Å². The van der Waals surface area contributed by atoms with E-state index in [2.05, 4.69) is 0 Å². The van der Waals surface area contributed by atoms with E-state index in [1.165, 1.54) is 17.6 Å². The number of carboxylic acid groups (broad SMARTS) is 1. The van der Waals surface area contributed by atoms with Crippen LogP contribution in [0.3, 0.4) is 0 Å². The summed E-state index contributed by atoms with van der Waals surface area (Å²) in [5.41, 5.74) is 1.25. The van der Waals surface area contributed by atoms with Gasteiger partial charge in [-0.1, -0.05) is 6.92 Å². The van der Waals surface area contributed by atoms with Crippen molar-refractivity contribution in [2.45, 2.75) is 13.3 Å². The number of oxazole rings is 1. The number of rotatable bonds is 4. The molecule has 1 unspecified atom stereocenters. The molecule has 0 bridgehead atoms. The molecule has 1 aromatic heterocycles. The summed E-state index contributed by atoms with van der Waals surface area (Å²) < 4.78 is 6.32. The monoisotopic (exact) mass is 263 g/mol.